The number of hydrogen-bond acceptors (Lipinski definition) is 4. The van der Waals surface area contributed by atoms with Gasteiger partial charge in [-0.15, -0.1) is 0 Å². The van der Waals surface area contributed by atoms with Crippen LogP contribution < -0.4 is 10.1 Å². The van der Waals surface area contributed by atoms with Crippen LogP contribution >= 0.6 is 0 Å². The number of benzene rings is 2. The van der Waals surface area contributed by atoms with E-state index in [-0.39, 0.29) is 17.5 Å². The van der Waals surface area contributed by atoms with Crippen molar-refractivity contribution in [3.05, 3.63) is 58.8 Å². The first-order chi connectivity index (χ1) is 12.0. The van der Waals surface area contributed by atoms with Gasteiger partial charge >= 0.3 is 0 Å². The molecule has 128 valence electrons. The number of carbonyl (C=O) groups excluding carboxylic acids is 1. The van der Waals surface area contributed by atoms with Gasteiger partial charge in [0.05, 0.1) is 17.6 Å². The predicted molar refractivity (Wildman–Crippen MR) is 99.3 cm³/mol. The standard InChI is InChI=1S/C20H21N3O2/c1-5-25-20-18(19(24)21-15-8-6-12(2)7-9-15)22-16-10-13(3)14(4)11-17(16)23-20/h6-11H,5H2,1-4H3,(H,21,24). The van der Waals surface area contributed by atoms with Crippen LogP contribution in [0.2, 0.25) is 0 Å². The zero-order valence-electron chi connectivity index (χ0n) is 14.9. The second kappa shape index (κ2) is 6.89. The van der Waals surface area contributed by atoms with Crippen molar-refractivity contribution in [2.45, 2.75) is 27.7 Å². The van der Waals surface area contributed by atoms with Crippen LogP contribution in [0.5, 0.6) is 5.88 Å². The fourth-order valence-corrected chi connectivity index (χ4v) is 2.51. The van der Waals surface area contributed by atoms with Gasteiger partial charge in [-0.1, -0.05) is 17.7 Å². The second-order valence-electron chi connectivity index (χ2n) is 6.06. The lowest BCUT2D eigenvalue weighted by Gasteiger charge is -2.11. The van der Waals surface area contributed by atoms with E-state index in [1.165, 1.54) is 0 Å². The number of anilines is 1. The molecule has 25 heavy (non-hydrogen) atoms. The van der Waals surface area contributed by atoms with E-state index in [9.17, 15) is 4.79 Å². The van der Waals surface area contributed by atoms with Crippen molar-refractivity contribution in [3.63, 3.8) is 0 Å². The van der Waals surface area contributed by atoms with E-state index in [4.69, 9.17) is 4.74 Å². The monoisotopic (exact) mass is 335 g/mol. The Hall–Kier alpha value is -2.95. The van der Waals surface area contributed by atoms with Gasteiger partial charge in [0.25, 0.3) is 5.91 Å². The first kappa shape index (κ1) is 16.9. The summed E-state index contributed by atoms with van der Waals surface area (Å²) in [5.41, 5.74) is 5.67. The molecule has 0 unspecified atom stereocenters. The molecule has 5 nitrogen and oxygen atoms in total. The van der Waals surface area contributed by atoms with Crippen LogP contribution in [0.15, 0.2) is 36.4 Å². The van der Waals surface area contributed by atoms with Gasteiger partial charge < -0.3 is 10.1 Å². The summed E-state index contributed by atoms with van der Waals surface area (Å²) in [6.45, 7) is 8.30. The Morgan fingerprint density at radius 2 is 1.60 bits per heavy atom. The largest absolute Gasteiger partial charge is 0.476 e. The van der Waals surface area contributed by atoms with E-state index in [1.54, 1.807) is 0 Å². The molecule has 1 N–H and O–H groups in total. The van der Waals surface area contributed by atoms with Crippen LogP contribution in [0.3, 0.4) is 0 Å². The van der Waals surface area contributed by atoms with Crippen LogP contribution in [0.4, 0.5) is 5.69 Å². The molecule has 0 spiro atoms. The van der Waals surface area contributed by atoms with Gasteiger partial charge in [-0.05, 0) is 63.1 Å². The lowest BCUT2D eigenvalue weighted by molar-refractivity contribution is 0.101. The molecule has 0 atom stereocenters. The molecule has 1 aromatic heterocycles. The number of nitrogens with zero attached hydrogens (tertiary/aromatic N) is 2. The maximum absolute atomic E-state index is 12.7. The van der Waals surface area contributed by atoms with E-state index in [0.717, 1.165) is 22.2 Å². The van der Waals surface area contributed by atoms with Gasteiger partial charge in [-0.2, -0.15) is 0 Å². The van der Waals surface area contributed by atoms with Gasteiger partial charge in [0.2, 0.25) is 5.88 Å². The Kier molecular flexibility index (Phi) is 4.65. The predicted octanol–water partition coefficient (Wildman–Crippen LogP) is 4.21. The number of amides is 1. The molecule has 3 rings (SSSR count). The van der Waals surface area contributed by atoms with Crippen molar-refractivity contribution < 1.29 is 9.53 Å². The number of fused-ring (bicyclic) bond motifs is 1. The lowest BCUT2D eigenvalue weighted by atomic mass is 10.1. The van der Waals surface area contributed by atoms with Gasteiger partial charge in [-0.25, -0.2) is 9.97 Å². The minimum absolute atomic E-state index is 0.193. The van der Waals surface area contributed by atoms with Crippen molar-refractivity contribution in [3.8, 4) is 5.88 Å². The summed E-state index contributed by atoms with van der Waals surface area (Å²) in [6, 6.07) is 11.5. The highest BCUT2D eigenvalue weighted by Crippen LogP contribution is 2.23. The molecule has 3 aromatic rings. The van der Waals surface area contributed by atoms with Crippen molar-refractivity contribution in [2.75, 3.05) is 11.9 Å². The topological polar surface area (TPSA) is 64.1 Å². The maximum atomic E-state index is 12.7. The molecule has 0 saturated carbocycles. The molecule has 0 aliphatic carbocycles. The average molecular weight is 335 g/mol. The van der Waals surface area contributed by atoms with Crippen LogP contribution in [-0.2, 0) is 0 Å². The van der Waals surface area contributed by atoms with E-state index >= 15 is 0 Å². The first-order valence-electron chi connectivity index (χ1n) is 8.27. The molecule has 0 aliphatic rings. The Morgan fingerprint density at radius 1 is 1.00 bits per heavy atom. The zero-order chi connectivity index (χ0) is 18.0. The summed E-state index contributed by atoms with van der Waals surface area (Å²) < 4.78 is 5.56. The molecule has 5 heteroatoms. The SMILES string of the molecule is CCOc1nc2cc(C)c(C)cc2nc1C(=O)Nc1ccc(C)cc1. The summed E-state index contributed by atoms with van der Waals surface area (Å²) in [6.07, 6.45) is 0. The smallest absolute Gasteiger partial charge is 0.279 e. The number of nitrogens with one attached hydrogen (secondary N) is 1. The maximum Gasteiger partial charge on any atom is 0.279 e. The summed E-state index contributed by atoms with van der Waals surface area (Å²) in [5.74, 6) is -0.0807. The Morgan fingerprint density at radius 3 is 2.20 bits per heavy atom. The fraction of sp³-hybridized carbons (Fsp3) is 0.250. The summed E-state index contributed by atoms with van der Waals surface area (Å²) >= 11 is 0. The third kappa shape index (κ3) is 3.60. The molecule has 2 aromatic carbocycles. The molecule has 1 amide bonds. The Bertz CT molecular complexity index is 934. The number of carbonyl (C=O) groups is 1. The first-order valence-corrected chi connectivity index (χ1v) is 8.27. The van der Waals surface area contributed by atoms with Gasteiger partial charge in [0, 0.05) is 5.69 Å². The highest BCUT2D eigenvalue weighted by atomic mass is 16.5. The normalized spacial score (nSPS) is 10.7. The second-order valence-corrected chi connectivity index (χ2v) is 6.06. The van der Waals surface area contributed by atoms with Crippen LogP contribution in [0, 0.1) is 20.8 Å². The number of aromatic nitrogens is 2. The fourth-order valence-electron chi connectivity index (χ4n) is 2.51. The quantitative estimate of drug-likeness (QED) is 0.776. The molecule has 0 bridgehead atoms. The molecule has 0 aliphatic heterocycles. The van der Waals surface area contributed by atoms with E-state index in [2.05, 4.69) is 15.3 Å². The van der Waals surface area contributed by atoms with Crippen molar-refractivity contribution in [2.24, 2.45) is 0 Å². The Labute approximate surface area is 147 Å². The summed E-state index contributed by atoms with van der Waals surface area (Å²) in [7, 11) is 0. The van der Waals surface area contributed by atoms with E-state index in [0.29, 0.717) is 17.8 Å². The molecule has 0 radical (unpaired) electrons. The molecule has 0 saturated heterocycles. The Balaban J connectivity index is 2.02. The summed E-state index contributed by atoms with van der Waals surface area (Å²) in [5, 5.41) is 2.85. The van der Waals surface area contributed by atoms with Crippen molar-refractivity contribution in [1.29, 1.82) is 0 Å². The molecule has 0 fully saturated rings. The minimum atomic E-state index is -0.333. The van der Waals surface area contributed by atoms with Gasteiger partial charge in [0.1, 0.15) is 0 Å². The van der Waals surface area contributed by atoms with Crippen molar-refractivity contribution >= 4 is 22.6 Å². The zero-order valence-corrected chi connectivity index (χ0v) is 14.9. The number of aryl methyl sites for hydroxylation is 3. The number of hydrogen-bond donors (Lipinski definition) is 1. The number of ether oxygens (including phenoxy) is 1. The minimum Gasteiger partial charge on any atom is -0.476 e. The van der Waals surface area contributed by atoms with Gasteiger partial charge in [-0.3, -0.25) is 4.79 Å². The molecular weight excluding hydrogens is 314 g/mol. The summed E-state index contributed by atoms with van der Waals surface area (Å²) in [4.78, 5) is 21.7. The highest BCUT2D eigenvalue weighted by Gasteiger charge is 2.18. The van der Waals surface area contributed by atoms with E-state index < -0.39 is 0 Å². The van der Waals surface area contributed by atoms with Crippen molar-refractivity contribution in [1.82, 2.24) is 9.97 Å². The molecular formula is C20H21N3O2. The number of rotatable bonds is 4. The highest BCUT2D eigenvalue weighted by molar-refractivity contribution is 6.05. The molecule has 1 heterocycles. The lowest BCUT2D eigenvalue weighted by Crippen LogP contribution is -2.16. The third-order valence-corrected chi connectivity index (χ3v) is 4.05. The van der Waals surface area contributed by atoms with Gasteiger partial charge in [0.15, 0.2) is 5.69 Å². The van der Waals surface area contributed by atoms with E-state index in [1.807, 2.05) is 64.1 Å². The van der Waals surface area contributed by atoms with Crippen LogP contribution in [-0.4, -0.2) is 22.5 Å². The average Bonchev–Trinajstić information content (AvgIpc) is 2.58. The van der Waals surface area contributed by atoms with Crippen LogP contribution in [0.1, 0.15) is 34.1 Å². The third-order valence-electron chi connectivity index (χ3n) is 4.05. The van der Waals surface area contributed by atoms with Crippen LogP contribution in [0.25, 0.3) is 11.0 Å².